The van der Waals surface area contributed by atoms with Crippen LogP contribution < -0.4 is 10.4 Å². The minimum Gasteiger partial charge on any atom is -0.0845 e. The summed E-state index contributed by atoms with van der Waals surface area (Å²) in [4.78, 5) is 0. The summed E-state index contributed by atoms with van der Waals surface area (Å²) < 4.78 is 0. The van der Waals surface area contributed by atoms with E-state index in [0.717, 1.165) is 5.02 Å². The molecule has 2 unspecified atom stereocenters. The Morgan fingerprint density at radius 1 is 0.909 bits per heavy atom. The summed E-state index contributed by atoms with van der Waals surface area (Å²) in [5.74, 6) is 1.22. The van der Waals surface area contributed by atoms with Gasteiger partial charge in [0.1, 0.15) is 9.52 Å². The van der Waals surface area contributed by atoms with E-state index in [9.17, 15) is 0 Å². The third-order valence-corrected chi connectivity index (χ3v) is 6.26. The van der Waals surface area contributed by atoms with Crippen molar-refractivity contribution in [2.45, 2.75) is 52.4 Å². The standard InChI is InChI=1S/C20H25ClSi/c1-5-14(3)16-11-17(15(4)6-2)13-18(12-16)22-20-10-8-7-9-19(20)21/h7-15H,5-6H2,1-4H3. The first-order valence-corrected chi connectivity index (χ1v) is 9.59. The van der Waals surface area contributed by atoms with Crippen LogP contribution in [-0.4, -0.2) is 9.52 Å². The van der Waals surface area contributed by atoms with Gasteiger partial charge in [0.25, 0.3) is 0 Å². The van der Waals surface area contributed by atoms with Crippen LogP contribution in [0.1, 0.15) is 63.5 Å². The number of halogens is 1. The summed E-state index contributed by atoms with van der Waals surface area (Å²) in [5.41, 5.74) is 2.93. The van der Waals surface area contributed by atoms with E-state index in [1.165, 1.54) is 34.3 Å². The molecule has 2 aromatic rings. The quantitative estimate of drug-likeness (QED) is 0.653. The average molecular weight is 329 g/mol. The Morgan fingerprint density at radius 3 is 1.95 bits per heavy atom. The van der Waals surface area contributed by atoms with Crippen LogP contribution >= 0.6 is 11.6 Å². The second-order valence-corrected chi connectivity index (χ2v) is 7.89. The van der Waals surface area contributed by atoms with E-state index in [-0.39, 0.29) is 0 Å². The molecule has 2 heteroatoms. The summed E-state index contributed by atoms with van der Waals surface area (Å²) in [5, 5.41) is 3.52. The van der Waals surface area contributed by atoms with E-state index in [1.54, 1.807) is 0 Å². The Labute approximate surface area is 142 Å². The molecule has 2 atom stereocenters. The van der Waals surface area contributed by atoms with Crippen molar-refractivity contribution in [1.82, 2.24) is 0 Å². The topological polar surface area (TPSA) is 0 Å². The molecule has 2 aromatic carbocycles. The number of hydrogen-bond acceptors (Lipinski definition) is 0. The molecule has 0 saturated carbocycles. The zero-order valence-corrected chi connectivity index (χ0v) is 15.7. The lowest BCUT2D eigenvalue weighted by atomic mass is 9.92. The van der Waals surface area contributed by atoms with Gasteiger partial charge >= 0.3 is 0 Å². The van der Waals surface area contributed by atoms with Crippen LogP contribution in [0.2, 0.25) is 5.02 Å². The Hall–Kier alpha value is -1.05. The van der Waals surface area contributed by atoms with Gasteiger partial charge in [-0.25, -0.2) is 0 Å². The smallest absolute Gasteiger partial charge is 0.0845 e. The van der Waals surface area contributed by atoms with E-state index in [2.05, 4.69) is 58.0 Å². The van der Waals surface area contributed by atoms with Crippen LogP contribution in [0.25, 0.3) is 0 Å². The van der Waals surface area contributed by atoms with Gasteiger partial charge in [-0.2, -0.15) is 0 Å². The summed E-state index contributed by atoms with van der Waals surface area (Å²) in [7, 11) is 0.625. The Morgan fingerprint density at radius 2 is 1.45 bits per heavy atom. The highest BCUT2D eigenvalue weighted by Gasteiger charge is 2.12. The molecule has 2 rings (SSSR count). The summed E-state index contributed by atoms with van der Waals surface area (Å²) in [6.45, 7) is 9.16. The molecule has 0 aromatic heterocycles. The van der Waals surface area contributed by atoms with Crippen molar-refractivity contribution >= 4 is 31.5 Å². The maximum atomic E-state index is 6.34. The second-order valence-electron chi connectivity index (χ2n) is 6.11. The van der Waals surface area contributed by atoms with Gasteiger partial charge in [0.05, 0.1) is 0 Å². The zero-order chi connectivity index (χ0) is 16.1. The first-order chi connectivity index (χ1) is 10.5. The predicted octanol–water partition coefficient (Wildman–Crippen LogP) is 5.02. The van der Waals surface area contributed by atoms with Gasteiger partial charge in [0.2, 0.25) is 0 Å². The van der Waals surface area contributed by atoms with Crippen molar-refractivity contribution < 1.29 is 0 Å². The highest BCUT2D eigenvalue weighted by atomic mass is 35.5. The highest BCUT2D eigenvalue weighted by molar-refractivity contribution is 6.70. The van der Waals surface area contributed by atoms with Crippen LogP contribution in [0, 0.1) is 0 Å². The molecule has 0 N–H and O–H groups in total. The molecular formula is C20H25ClSi. The third-order valence-electron chi connectivity index (χ3n) is 4.49. The van der Waals surface area contributed by atoms with Gasteiger partial charge in [-0.3, -0.25) is 0 Å². The summed E-state index contributed by atoms with van der Waals surface area (Å²) in [6.07, 6.45) is 2.36. The molecule has 0 amide bonds. The Bertz CT molecular complexity index is 593. The largest absolute Gasteiger partial charge is 0.123 e. The maximum absolute atomic E-state index is 6.34. The van der Waals surface area contributed by atoms with E-state index >= 15 is 0 Å². The molecule has 0 bridgehead atoms. The molecule has 0 aliphatic carbocycles. The van der Waals surface area contributed by atoms with Crippen molar-refractivity contribution in [3.8, 4) is 0 Å². The molecule has 0 aliphatic rings. The van der Waals surface area contributed by atoms with Crippen molar-refractivity contribution in [2.24, 2.45) is 0 Å². The molecule has 0 aliphatic heterocycles. The summed E-state index contributed by atoms with van der Waals surface area (Å²) >= 11 is 6.34. The van der Waals surface area contributed by atoms with E-state index in [1.807, 2.05) is 12.1 Å². The van der Waals surface area contributed by atoms with Gasteiger partial charge in [-0.15, -0.1) is 0 Å². The molecular weight excluding hydrogens is 304 g/mol. The van der Waals surface area contributed by atoms with E-state index in [0.29, 0.717) is 21.4 Å². The predicted molar refractivity (Wildman–Crippen MR) is 100 cm³/mol. The molecule has 22 heavy (non-hydrogen) atoms. The number of benzene rings is 2. The van der Waals surface area contributed by atoms with Gasteiger partial charge in [-0.05, 0) is 47.1 Å². The maximum Gasteiger partial charge on any atom is 0.123 e. The highest BCUT2D eigenvalue weighted by Crippen LogP contribution is 2.24. The lowest BCUT2D eigenvalue weighted by Crippen LogP contribution is -2.29. The van der Waals surface area contributed by atoms with Crippen molar-refractivity contribution in [3.05, 3.63) is 58.6 Å². The average Bonchev–Trinajstić information content (AvgIpc) is 2.55. The minimum absolute atomic E-state index is 0.610. The zero-order valence-electron chi connectivity index (χ0n) is 14.0. The lowest BCUT2D eigenvalue weighted by Gasteiger charge is -2.17. The minimum atomic E-state index is 0.610. The fraction of sp³-hybridized carbons (Fsp3) is 0.400. The Balaban J connectivity index is 2.39. The fourth-order valence-electron chi connectivity index (χ4n) is 2.51. The third kappa shape index (κ3) is 4.24. The van der Waals surface area contributed by atoms with Crippen LogP contribution in [0.4, 0.5) is 0 Å². The SMILES string of the molecule is CCC(C)c1cc([Si]c2ccccc2Cl)cc(C(C)CC)c1. The second kappa shape index (κ2) is 7.98. The molecule has 116 valence electrons. The first kappa shape index (κ1) is 17.3. The van der Waals surface area contributed by atoms with Gasteiger partial charge in [0.15, 0.2) is 0 Å². The van der Waals surface area contributed by atoms with Crippen molar-refractivity contribution in [3.63, 3.8) is 0 Å². The fourth-order valence-corrected chi connectivity index (χ4v) is 3.96. The van der Waals surface area contributed by atoms with Crippen LogP contribution in [-0.2, 0) is 0 Å². The van der Waals surface area contributed by atoms with Crippen molar-refractivity contribution in [2.75, 3.05) is 0 Å². The van der Waals surface area contributed by atoms with E-state index < -0.39 is 0 Å². The summed E-state index contributed by atoms with van der Waals surface area (Å²) in [6, 6.07) is 15.4. The molecule has 0 spiro atoms. The molecule has 2 radical (unpaired) electrons. The van der Waals surface area contributed by atoms with Crippen LogP contribution in [0.3, 0.4) is 0 Å². The van der Waals surface area contributed by atoms with Gasteiger partial charge in [0, 0.05) is 5.02 Å². The van der Waals surface area contributed by atoms with Crippen molar-refractivity contribution in [1.29, 1.82) is 0 Å². The van der Waals surface area contributed by atoms with E-state index in [4.69, 9.17) is 11.6 Å². The number of hydrogen-bond donors (Lipinski definition) is 0. The molecule has 0 saturated heterocycles. The lowest BCUT2D eigenvalue weighted by molar-refractivity contribution is 0.712. The van der Waals surface area contributed by atoms with Gasteiger partial charge < -0.3 is 0 Å². The van der Waals surface area contributed by atoms with Crippen LogP contribution in [0.15, 0.2) is 42.5 Å². The molecule has 0 fully saturated rings. The monoisotopic (exact) mass is 328 g/mol. The van der Waals surface area contributed by atoms with Gasteiger partial charge in [-0.1, -0.05) is 80.9 Å². The number of rotatable bonds is 6. The normalized spacial score (nSPS) is 13.9. The van der Waals surface area contributed by atoms with Crippen LogP contribution in [0.5, 0.6) is 0 Å². The molecule has 0 nitrogen and oxygen atoms in total. The molecule has 0 heterocycles. The Kier molecular flexibility index (Phi) is 6.28. The first-order valence-electron chi connectivity index (χ1n) is 8.21.